The molecule has 1 N–H and O–H groups in total. The van der Waals surface area contributed by atoms with Gasteiger partial charge in [0.25, 0.3) is 0 Å². The second kappa shape index (κ2) is 11.8. The van der Waals surface area contributed by atoms with Crippen LogP contribution in [0.25, 0.3) is 0 Å². The summed E-state index contributed by atoms with van der Waals surface area (Å²) < 4.78 is 6.01. The third-order valence-electron chi connectivity index (χ3n) is 6.61. The summed E-state index contributed by atoms with van der Waals surface area (Å²) in [5.41, 5.74) is 2.08. The summed E-state index contributed by atoms with van der Waals surface area (Å²) in [4.78, 5) is 7.01. The predicted octanol–water partition coefficient (Wildman–Crippen LogP) is 5.87. The van der Waals surface area contributed by atoms with Gasteiger partial charge in [-0.2, -0.15) is 0 Å². The molecule has 2 unspecified atom stereocenters. The molecule has 4 aromatic rings. The number of pyridine rings is 1. The lowest BCUT2D eigenvalue weighted by atomic mass is 9.71. The van der Waals surface area contributed by atoms with E-state index in [1.807, 2.05) is 91.0 Å². The van der Waals surface area contributed by atoms with Gasteiger partial charge in [0, 0.05) is 12.7 Å². The Bertz CT molecular complexity index is 1110. The molecule has 3 aromatic carbocycles. The molecule has 0 radical (unpaired) electrons. The van der Waals surface area contributed by atoms with Gasteiger partial charge in [-0.1, -0.05) is 92.7 Å². The lowest BCUT2D eigenvalue weighted by molar-refractivity contribution is 0.0611. The van der Waals surface area contributed by atoms with Gasteiger partial charge < -0.3 is 14.7 Å². The van der Waals surface area contributed by atoms with E-state index in [9.17, 15) is 5.11 Å². The third kappa shape index (κ3) is 5.61. The fourth-order valence-corrected chi connectivity index (χ4v) is 4.65. The van der Waals surface area contributed by atoms with Crippen LogP contribution in [0.4, 0.5) is 0 Å². The maximum atomic E-state index is 12.6. The Morgan fingerprint density at radius 1 is 0.771 bits per heavy atom. The zero-order valence-corrected chi connectivity index (χ0v) is 20.5. The van der Waals surface area contributed by atoms with Crippen molar-refractivity contribution in [3.8, 4) is 5.75 Å². The van der Waals surface area contributed by atoms with Crippen molar-refractivity contribution in [2.24, 2.45) is 0 Å². The second-order valence-electron chi connectivity index (χ2n) is 8.63. The van der Waals surface area contributed by atoms with E-state index in [0.717, 1.165) is 47.8 Å². The minimum Gasteiger partial charge on any atom is -0.492 e. The summed E-state index contributed by atoms with van der Waals surface area (Å²) in [6.07, 6.45) is 1.78. The summed E-state index contributed by atoms with van der Waals surface area (Å²) in [5, 5.41) is 12.6. The first-order chi connectivity index (χ1) is 17.2. The molecular weight excluding hydrogens is 432 g/mol. The van der Waals surface area contributed by atoms with Gasteiger partial charge in [-0.05, 0) is 54.0 Å². The predicted molar refractivity (Wildman–Crippen MR) is 142 cm³/mol. The zero-order chi connectivity index (χ0) is 24.5. The Kier molecular flexibility index (Phi) is 8.30. The van der Waals surface area contributed by atoms with Gasteiger partial charge in [0.05, 0.1) is 11.6 Å². The minimum atomic E-state index is -1.34. The molecule has 4 heteroatoms. The number of ether oxygens (including phenoxy) is 1. The van der Waals surface area contributed by atoms with Gasteiger partial charge >= 0.3 is 0 Å². The van der Waals surface area contributed by atoms with E-state index >= 15 is 0 Å². The number of hydrogen-bond donors (Lipinski definition) is 1. The fourth-order valence-electron chi connectivity index (χ4n) is 4.65. The summed E-state index contributed by atoms with van der Waals surface area (Å²) in [7, 11) is 0. The van der Waals surface area contributed by atoms with Crippen molar-refractivity contribution in [1.82, 2.24) is 9.88 Å². The van der Waals surface area contributed by atoms with Crippen LogP contribution >= 0.6 is 0 Å². The van der Waals surface area contributed by atoms with Crippen LogP contribution in [0.1, 0.15) is 42.1 Å². The number of aliphatic hydroxyl groups is 1. The minimum absolute atomic E-state index is 0.401. The van der Waals surface area contributed by atoms with Crippen LogP contribution in [-0.2, 0) is 5.60 Å². The molecular formula is C31H34N2O2. The lowest BCUT2D eigenvalue weighted by Gasteiger charge is -2.37. The lowest BCUT2D eigenvalue weighted by Crippen LogP contribution is -2.36. The molecule has 0 bridgehead atoms. The van der Waals surface area contributed by atoms with Crippen LogP contribution < -0.4 is 4.74 Å². The number of likely N-dealkylation sites (N-methyl/N-ethyl adjacent to an activating group) is 1. The van der Waals surface area contributed by atoms with Crippen molar-refractivity contribution in [1.29, 1.82) is 0 Å². The molecule has 180 valence electrons. The van der Waals surface area contributed by atoms with E-state index in [0.29, 0.717) is 6.61 Å². The summed E-state index contributed by atoms with van der Waals surface area (Å²) in [5.74, 6) is 0.396. The van der Waals surface area contributed by atoms with Crippen molar-refractivity contribution < 1.29 is 9.84 Å². The highest BCUT2D eigenvalue weighted by molar-refractivity contribution is 5.47. The molecule has 35 heavy (non-hydrogen) atoms. The highest BCUT2D eigenvalue weighted by Crippen LogP contribution is 2.46. The quantitative estimate of drug-likeness (QED) is 0.300. The molecule has 4 rings (SSSR count). The first-order valence-electron chi connectivity index (χ1n) is 12.4. The maximum Gasteiger partial charge on any atom is 0.127 e. The van der Waals surface area contributed by atoms with Gasteiger partial charge in [0.2, 0.25) is 0 Å². The van der Waals surface area contributed by atoms with E-state index in [4.69, 9.17) is 4.74 Å². The van der Waals surface area contributed by atoms with E-state index in [2.05, 4.69) is 35.9 Å². The van der Waals surface area contributed by atoms with Gasteiger partial charge in [-0.25, -0.2) is 0 Å². The molecule has 0 aliphatic carbocycles. The Hall–Kier alpha value is -3.47. The standard InChI is InChI=1S/C31H34N2O2/c1-3-33(4-2)23-24-35-28-20-18-27(19-21-28)31(34,26-15-9-6-10-16-26)30(25-13-7-5-8-14-25)29-17-11-12-22-32-29/h5-22,30,34H,3-4,23-24H2,1-2H3. The molecule has 0 fully saturated rings. The first-order valence-corrected chi connectivity index (χ1v) is 12.4. The average molecular weight is 467 g/mol. The van der Waals surface area contributed by atoms with E-state index in [1.54, 1.807) is 6.20 Å². The zero-order valence-electron chi connectivity index (χ0n) is 20.5. The van der Waals surface area contributed by atoms with Crippen molar-refractivity contribution in [2.45, 2.75) is 25.4 Å². The van der Waals surface area contributed by atoms with Crippen LogP contribution in [0.15, 0.2) is 109 Å². The van der Waals surface area contributed by atoms with Gasteiger partial charge in [-0.3, -0.25) is 4.98 Å². The first kappa shape index (κ1) is 24.6. The van der Waals surface area contributed by atoms with Crippen molar-refractivity contribution in [2.75, 3.05) is 26.2 Å². The molecule has 0 spiro atoms. The normalized spacial score (nSPS) is 13.8. The highest BCUT2D eigenvalue weighted by Gasteiger charge is 2.42. The number of aromatic nitrogens is 1. The Morgan fingerprint density at radius 2 is 1.37 bits per heavy atom. The molecule has 1 heterocycles. The monoisotopic (exact) mass is 466 g/mol. The largest absolute Gasteiger partial charge is 0.492 e. The number of nitrogens with zero attached hydrogens (tertiary/aromatic N) is 2. The van der Waals surface area contributed by atoms with Crippen molar-refractivity contribution >= 4 is 0 Å². The molecule has 0 aliphatic heterocycles. The molecule has 2 atom stereocenters. The van der Waals surface area contributed by atoms with Crippen LogP contribution in [-0.4, -0.2) is 41.2 Å². The Labute approximate surface area is 208 Å². The van der Waals surface area contributed by atoms with Crippen LogP contribution in [0.2, 0.25) is 0 Å². The number of rotatable bonds is 11. The fraction of sp³-hybridized carbons (Fsp3) is 0.258. The SMILES string of the molecule is CCN(CC)CCOc1ccc(C(O)(c2ccccc2)C(c2ccccc2)c2ccccn2)cc1. The molecule has 1 aromatic heterocycles. The molecule has 0 saturated carbocycles. The topological polar surface area (TPSA) is 45.6 Å². The molecule has 0 aliphatic rings. The number of hydrogen-bond acceptors (Lipinski definition) is 4. The molecule has 0 saturated heterocycles. The smallest absolute Gasteiger partial charge is 0.127 e. The van der Waals surface area contributed by atoms with Gasteiger partial charge in [0.15, 0.2) is 0 Å². The summed E-state index contributed by atoms with van der Waals surface area (Å²) in [6.45, 7) is 7.86. The Morgan fingerprint density at radius 3 is 1.97 bits per heavy atom. The van der Waals surface area contributed by atoms with Crippen LogP contribution in [0.5, 0.6) is 5.75 Å². The van der Waals surface area contributed by atoms with Gasteiger partial charge in [-0.15, -0.1) is 0 Å². The van der Waals surface area contributed by atoms with E-state index in [-0.39, 0.29) is 0 Å². The summed E-state index contributed by atoms with van der Waals surface area (Å²) >= 11 is 0. The molecule has 0 amide bonds. The average Bonchev–Trinajstić information content (AvgIpc) is 2.93. The summed E-state index contributed by atoms with van der Waals surface area (Å²) in [6, 6.07) is 33.7. The van der Waals surface area contributed by atoms with Crippen molar-refractivity contribution in [3.63, 3.8) is 0 Å². The third-order valence-corrected chi connectivity index (χ3v) is 6.61. The Balaban J connectivity index is 1.74. The number of benzene rings is 3. The van der Waals surface area contributed by atoms with E-state index < -0.39 is 11.5 Å². The van der Waals surface area contributed by atoms with Crippen LogP contribution in [0, 0.1) is 0 Å². The van der Waals surface area contributed by atoms with Crippen molar-refractivity contribution in [3.05, 3.63) is 132 Å². The molecule has 4 nitrogen and oxygen atoms in total. The van der Waals surface area contributed by atoms with Crippen LogP contribution in [0.3, 0.4) is 0 Å². The highest BCUT2D eigenvalue weighted by atomic mass is 16.5. The van der Waals surface area contributed by atoms with E-state index in [1.165, 1.54) is 0 Å². The maximum absolute atomic E-state index is 12.6. The second-order valence-corrected chi connectivity index (χ2v) is 8.63. The van der Waals surface area contributed by atoms with Gasteiger partial charge in [0.1, 0.15) is 18.0 Å².